The van der Waals surface area contributed by atoms with E-state index in [0.717, 1.165) is 25.0 Å². The predicted molar refractivity (Wildman–Crippen MR) is 112 cm³/mol. The van der Waals surface area contributed by atoms with Crippen LogP contribution in [-0.4, -0.2) is 37.6 Å². The number of rotatable bonds is 5. The molecule has 3 amide bonds. The number of nitrogens with zero attached hydrogens (tertiary/aromatic N) is 4. The molecule has 10 nitrogen and oxygen atoms in total. The summed E-state index contributed by atoms with van der Waals surface area (Å²) in [5, 5.41) is 14.2. The molecule has 2 fully saturated rings. The van der Waals surface area contributed by atoms with Crippen molar-refractivity contribution in [2.45, 2.75) is 25.1 Å². The lowest BCUT2D eigenvalue weighted by atomic mass is 10.2. The van der Waals surface area contributed by atoms with E-state index in [2.05, 4.69) is 36.3 Å². The number of carbonyl (C=O) groups is 2. The van der Waals surface area contributed by atoms with E-state index in [4.69, 9.17) is 11.6 Å². The minimum Gasteiger partial charge on any atom is -0.351 e. The van der Waals surface area contributed by atoms with Gasteiger partial charge < -0.3 is 16.0 Å². The molecular weight excluding hydrogens is 465 g/mol. The molecule has 0 radical (unpaired) electrons. The number of imide groups is 1. The van der Waals surface area contributed by atoms with E-state index in [-0.39, 0.29) is 29.0 Å². The van der Waals surface area contributed by atoms with Crippen LogP contribution in [0.1, 0.15) is 24.0 Å². The average Bonchev–Trinajstić information content (AvgIpc) is 3.37. The summed E-state index contributed by atoms with van der Waals surface area (Å²) in [6.45, 7) is 0. The molecule has 0 unspecified atom stereocenters. The van der Waals surface area contributed by atoms with E-state index >= 15 is 0 Å². The van der Waals surface area contributed by atoms with Crippen LogP contribution in [0, 0.1) is 0 Å². The molecule has 1 saturated carbocycles. The summed E-state index contributed by atoms with van der Waals surface area (Å²) in [7, 11) is 0. The highest BCUT2D eigenvalue weighted by Crippen LogP contribution is 2.36. The van der Waals surface area contributed by atoms with E-state index in [1.165, 1.54) is 22.9 Å². The van der Waals surface area contributed by atoms with Gasteiger partial charge in [-0.3, -0.25) is 10.1 Å². The molecule has 170 valence electrons. The van der Waals surface area contributed by atoms with Crippen LogP contribution in [0.2, 0.25) is 5.02 Å². The van der Waals surface area contributed by atoms with Gasteiger partial charge in [-0.1, -0.05) is 11.6 Å². The van der Waals surface area contributed by atoms with Crippen LogP contribution in [0.15, 0.2) is 30.1 Å². The van der Waals surface area contributed by atoms with Gasteiger partial charge in [-0.25, -0.2) is 4.79 Å². The quantitative estimate of drug-likeness (QED) is 0.327. The molecular formula is C19H14ClF3N8O2. The third kappa shape index (κ3) is 4.26. The molecule has 1 saturated heterocycles. The summed E-state index contributed by atoms with van der Waals surface area (Å²) in [6.07, 6.45) is 0.0653. The molecule has 0 atom stereocenters. The summed E-state index contributed by atoms with van der Waals surface area (Å²) in [5.74, 6) is -0.287. The monoisotopic (exact) mass is 478 g/mol. The Bertz CT molecular complexity index is 1330. The molecule has 0 bridgehead atoms. The van der Waals surface area contributed by atoms with E-state index < -0.39 is 28.7 Å². The number of alkyl halides is 3. The maximum absolute atomic E-state index is 13.2. The maximum atomic E-state index is 13.2. The Kier molecular flexibility index (Phi) is 4.85. The van der Waals surface area contributed by atoms with Crippen LogP contribution in [0.25, 0.3) is 11.7 Å². The largest absolute Gasteiger partial charge is 0.417 e. The van der Waals surface area contributed by atoms with Gasteiger partial charge in [-0.15, -0.1) is 0 Å². The van der Waals surface area contributed by atoms with Gasteiger partial charge in [0.2, 0.25) is 11.9 Å². The van der Waals surface area contributed by atoms with Gasteiger partial charge in [0.1, 0.15) is 5.70 Å². The number of fused-ring (bicyclic) bond motifs is 1. The molecule has 2 aromatic heterocycles. The molecule has 0 spiro atoms. The molecule has 5 rings (SSSR count). The SMILES string of the molecule is O=C1NC(=O)/C(=C/c2cnn3c(NC4CC4)nc(Nc4ccc(Cl)c(C(F)(F)F)c4)nc23)N1. The van der Waals surface area contributed by atoms with Gasteiger partial charge in [0.05, 0.1) is 16.8 Å². The Balaban J connectivity index is 1.56. The van der Waals surface area contributed by atoms with E-state index in [1.54, 1.807) is 0 Å². The van der Waals surface area contributed by atoms with Crippen molar-refractivity contribution in [1.29, 1.82) is 0 Å². The predicted octanol–water partition coefficient (Wildman–Crippen LogP) is 3.29. The highest BCUT2D eigenvalue weighted by atomic mass is 35.5. The number of aromatic nitrogens is 4. The van der Waals surface area contributed by atoms with Crippen molar-refractivity contribution < 1.29 is 22.8 Å². The van der Waals surface area contributed by atoms with Crippen LogP contribution in [0.3, 0.4) is 0 Å². The van der Waals surface area contributed by atoms with Crippen LogP contribution >= 0.6 is 11.6 Å². The molecule has 1 aliphatic carbocycles. The number of hydrogen-bond acceptors (Lipinski definition) is 7. The molecule has 4 N–H and O–H groups in total. The standard InChI is InChI=1S/C19H14ClF3N8O2/c20-12-4-3-10(6-11(12)19(21,22)23)25-16-28-14-8(5-13-15(32)29-18(33)27-13)7-24-31(14)17(30-16)26-9-1-2-9/h3-7,9H,1-2H2,(H2,25,26,28,30)(H2,27,29,32,33)/b13-5-. The first-order valence-electron chi connectivity index (χ1n) is 9.67. The Hall–Kier alpha value is -3.87. The van der Waals surface area contributed by atoms with E-state index in [1.807, 2.05) is 0 Å². The zero-order valence-electron chi connectivity index (χ0n) is 16.5. The van der Waals surface area contributed by atoms with Crippen molar-refractivity contribution in [2.24, 2.45) is 0 Å². The highest BCUT2D eigenvalue weighted by molar-refractivity contribution is 6.31. The van der Waals surface area contributed by atoms with E-state index in [0.29, 0.717) is 11.5 Å². The third-order valence-corrected chi connectivity index (χ3v) is 5.18. The summed E-state index contributed by atoms with van der Waals surface area (Å²) < 4.78 is 41.1. The molecule has 14 heteroatoms. The molecule has 3 aromatic rings. The van der Waals surface area contributed by atoms with Crippen LogP contribution in [0.4, 0.5) is 35.5 Å². The summed E-state index contributed by atoms with van der Waals surface area (Å²) in [6, 6.07) is 2.90. The first kappa shape index (κ1) is 21.0. The zero-order chi connectivity index (χ0) is 23.3. The lowest BCUT2D eigenvalue weighted by molar-refractivity contribution is -0.137. The highest BCUT2D eigenvalue weighted by Gasteiger charge is 2.33. The smallest absolute Gasteiger partial charge is 0.351 e. The lowest BCUT2D eigenvalue weighted by Crippen LogP contribution is -2.22. The number of amides is 3. The Morgan fingerprint density at radius 2 is 1.97 bits per heavy atom. The fraction of sp³-hybridized carbons (Fsp3) is 0.211. The topological polar surface area (TPSA) is 125 Å². The van der Waals surface area contributed by atoms with Crippen LogP contribution < -0.4 is 21.3 Å². The van der Waals surface area contributed by atoms with Crippen LogP contribution in [-0.2, 0) is 11.0 Å². The van der Waals surface area contributed by atoms with E-state index in [9.17, 15) is 22.8 Å². The Labute approximate surface area is 188 Å². The van der Waals surface area contributed by atoms with Crippen molar-refractivity contribution in [3.63, 3.8) is 0 Å². The fourth-order valence-corrected chi connectivity index (χ4v) is 3.37. The van der Waals surface area contributed by atoms with Crippen molar-refractivity contribution >= 4 is 52.8 Å². The lowest BCUT2D eigenvalue weighted by Gasteiger charge is -2.13. The Morgan fingerprint density at radius 3 is 2.64 bits per heavy atom. The van der Waals surface area contributed by atoms with Gasteiger partial charge in [0, 0.05) is 17.3 Å². The summed E-state index contributed by atoms with van der Waals surface area (Å²) in [5.41, 5.74) is -0.257. The number of benzene rings is 1. The van der Waals surface area contributed by atoms with Gasteiger partial charge in [-0.05, 0) is 37.1 Å². The van der Waals surface area contributed by atoms with Gasteiger partial charge in [0.15, 0.2) is 5.65 Å². The number of nitrogens with one attached hydrogen (secondary N) is 4. The number of anilines is 3. The van der Waals surface area contributed by atoms with Crippen molar-refractivity contribution in [3.05, 3.63) is 46.2 Å². The number of hydrogen-bond donors (Lipinski definition) is 4. The average molecular weight is 479 g/mol. The first-order valence-corrected chi connectivity index (χ1v) is 10.1. The van der Waals surface area contributed by atoms with Gasteiger partial charge >= 0.3 is 12.2 Å². The second-order valence-corrected chi connectivity index (χ2v) is 7.82. The Morgan fingerprint density at radius 1 is 1.18 bits per heavy atom. The number of halogens is 4. The normalized spacial score (nSPS) is 17.4. The van der Waals surface area contributed by atoms with Crippen molar-refractivity contribution in [2.75, 3.05) is 10.6 Å². The molecule has 3 heterocycles. The molecule has 2 aliphatic rings. The molecule has 33 heavy (non-hydrogen) atoms. The van der Waals surface area contributed by atoms with Crippen molar-refractivity contribution in [1.82, 2.24) is 30.2 Å². The van der Waals surface area contributed by atoms with Gasteiger partial charge in [0.25, 0.3) is 5.91 Å². The number of carbonyl (C=O) groups excluding carboxylic acids is 2. The zero-order valence-corrected chi connectivity index (χ0v) is 17.3. The second kappa shape index (κ2) is 7.62. The third-order valence-electron chi connectivity index (χ3n) is 4.85. The summed E-state index contributed by atoms with van der Waals surface area (Å²) in [4.78, 5) is 31.9. The van der Waals surface area contributed by atoms with Crippen LogP contribution in [0.5, 0.6) is 0 Å². The minimum absolute atomic E-state index is 0.00107. The summed E-state index contributed by atoms with van der Waals surface area (Å²) >= 11 is 5.69. The molecule has 1 aliphatic heterocycles. The number of urea groups is 1. The minimum atomic E-state index is -4.63. The second-order valence-electron chi connectivity index (χ2n) is 7.41. The fourth-order valence-electron chi connectivity index (χ4n) is 3.14. The van der Waals surface area contributed by atoms with Crippen molar-refractivity contribution in [3.8, 4) is 0 Å². The van der Waals surface area contributed by atoms with Gasteiger partial charge in [-0.2, -0.15) is 32.8 Å². The maximum Gasteiger partial charge on any atom is 0.417 e. The molecule has 1 aromatic carbocycles. The first-order chi connectivity index (χ1) is 15.7.